The smallest absolute Gasteiger partial charge is 0.410 e. The van der Waals surface area contributed by atoms with Crippen LogP contribution in [0.25, 0.3) is 0 Å². The molecule has 1 aromatic heterocycles. The van der Waals surface area contributed by atoms with E-state index in [-0.39, 0.29) is 35.9 Å². The highest BCUT2D eigenvalue weighted by molar-refractivity contribution is 7.62. The highest BCUT2D eigenvalue weighted by Gasteiger charge is 2.28. The summed E-state index contributed by atoms with van der Waals surface area (Å²) in [6, 6.07) is 5.86. The number of halogens is 1. The Morgan fingerprint density at radius 3 is 2.53 bits per heavy atom. The van der Waals surface area contributed by atoms with Crippen LogP contribution >= 0.6 is 7.60 Å². The molecule has 34 heavy (non-hydrogen) atoms. The van der Waals surface area contributed by atoms with Crippen LogP contribution < -0.4 is 10.0 Å². The fraction of sp³-hybridized carbons (Fsp3) is 0.500. The topological polar surface area (TPSA) is 116 Å². The molecule has 1 aromatic carbocycles. The molecule has 0 radical (unpaired) electrons. The zero-order chi connectivity index (χ0) is 24.9. The molecular weight excluding hydrogens is 466 g/mol. The number of likely N-dealkylation sites (tertiary alicyclic amines) is 1. The van der Waals surface area contributed by atoms with Crippen molar-refractivity contribution in [2.24, 2.45) is 0 Å². The Balaban J connectivity index is 1.66. The predicted molar refractivity (Wildman–Crippen MR) is 120 cm³/mol. The van der Waals surface area contributed by atoms with Crippen molar-refractivity contribution in [2.75, 3.05) is 27.3 Å². The lowest BCUT2D eigenvalue weighted by molar-refractivity contribution is 0.0652. The van der Waals surface area contributed by atoms with E-state index in [1.807, 2.05) is 0 Å². The van der Waals surface area contributed by atoms with Crippen molar-refractivity contribution in [3.63, 3.8) is 0 Å². The van der Waals surface area contributed by atoms with Crippen LogP contribution in [0.2, 0.25) is 0 Å². The summed E-state index contributed by atoms with van der Waals surface area (Å²) >= 11 is 0. The van der Waals surface area contributed by atoms with E-state index in [2.05, 4.69) is 11.2 Å². The molecule has 0 bridgehead atoms. The summed E-state index contributed by atoms with van der Waals surface area (Å²) in [4.78, 5) is 13.7. The Kier molecular flexibility index (Phi) is 8.31. The van der Waals surface area contributed by atoms with E-state index >= 15 is 0 Å². The van der Waals surface area contributed by atoms with Gasteiger partial charge in [-0.15, -0.1) is 0 Å². The van der Waals surface area contributed by atoms with E-state index in [0.717, 1.165) is 6.07 Å². The van der Waals surface area contributed by atoms with Gasteiger partial charge in [-0.2, -0.15) is 10.4 Å². The SMILES string of the molecule is COP(=O)(OC)c1ccc(OCc2cnn(C3CCN(C(=O)OC(C)C)CC3)c2C#N)c(F)c1. The number of benzene rings is 1. The van der Waals surface area contributed by atoms with Gasteiger partial charge in [0, 0.05) is 32.9 Å². The van der Waals surface area contributed by atoms with Crippen LogP contribution in [-0.4, -0.2) is 54.2 Å². The molecule has 1 aliphatic heterocycles. The number of nitrogens with zero attached hydrogens (tertiary/aromatic N) is 4. The highest BCUT2D eigenvalue weighted by atomic mass is 31.2. The lowest BCUT2D eigenvalue weighted by atomic mass is 10.1. The van der Waals surface area contributed by atoms with Crippen LogP contribution in [-0.2, 0) is 25.0 Å². The minimum atomic E-state index is -3.58. The Morgan fingerprint density at radius 2 is 1.97 bits per heavy atom. The monoisotopic (exact) mass is 494 g/mol. The van der Waals surface area contributed by atoms with Gasteiger partial charge in [-0.05, 0) is 44.9 Å². The standard InChI is InChI=1S/C22H28FN4O6P/c1-15(2)33-22(28)26-9-7-17(8-10-26)27-20(12-24)16(13-25-27)14-32-21-6-5-18(11-19(21)23)34(29,30-3)31-4/h5-6,11,13,15,17H,7-10,14H2,1-4H3. The van der Waals surface area contributed by atoms with E-state index in [4.69, 9.17) is 18.5 Å². The average molecular weight is 494 g/mol. The second-order valence-corrected chi connectivity index (χ2v) is 10.2. The van der Waals surface area contributed by atoms with Crippen LogP contribution in [0, 0.1) is 17.1 Å². The molecule has 1 aliphatic rings. The molecule has 1 saturated heterocycles. The van der Waals surface area contributed by atoms with E-state index in [9.17, 15) is 19.0 Å². The van der Waals surface area contributed by atoms with Crippen molar-refractivity contribution in [2.45, 2.75) is 45.4 Å². The maximum atomic E-state index is 14.5. The van der Waals surface area contributed by atoms with Crippen molar-refractivity contribution in [3.05, 3.63) is 41.5 Å². The fourth-order valence-electron chi connectivity index (χ4n) is 3.69. The molecule has 0 atom stereocenters. The second-order valence-electron chi connectivity index (χ2n) is 7.99. The fourth-order valence-corrected chi connectivity index (χ4v) is 4.79. The summed E-state index contributed by atoms with van der Waals surface area (Å²) in [5.74, 6) is -0.811. The molecule has 184 valence electrons. The van der Waals surface area contributed by atoms with Crippen molar-refractivity contribution in [3.8, 4) is 11.8 Å². The summed E-state index contributed by atoms with van der Waals surface area (Å²) in [5.41, 5.74) is 0.829. The van der Waals surface area contributed by atoms with Gasteiger partial charge >= 0.3 is 13.7 Å². The molecule has 0 N–H and O–H groups in total. The van der Waals surface area contributed by atoms with Gasteiger partial charge < -0.3 is 23.4 Å². The van der Waals surface area contributed by atoms with Crippen molar-refractivity contribution in [1.82, 2.24) is 14.7 Å². The molecule has 2 heterocycles. The zero-order valence-corrected chi connectivity index (χ0v) is 20.5. The second kappa shape index (κ2) is 11.0. The Bertz CT molecular complexity index is 1100. The molecule has 2 aromatic rings. The number of nitriles is 1. The molecule has 0 unspecified atom stereocenters. The largest absolute Gasteiger partial charge is 0.486 e. The van der Waals surface area contributed by atoms with Gasteiger partial charge in [0.25, 0.3) is 0 Å². The minimum Gasteiger partial charge on any atom is -0.486 e. The number of carbonyl (C=O) groups is 1. The van der Waals surface area contributed by atoms with Gasteiger partial charge in [0.15, 0.2) is 11.6 Å². The van der Waals surface area contributed by atoms with Gasteiger partial charge in [-0.25, -0.2) is 9.18 Å². The lowest BCUT2D eigenvalue weighted by Gasteiger charge is -2.32. The first-order chi connectivity index (χ1) is 16.2. The third-order valence-electron chi connectivity index (χ3n) is 5.48. The summed E-state index contributed by atoms with van der Waals surface area (Å²) in [7, 11) is -1.15. The molecule has 1 amide bonds. The molecule has 10 nitrogen and oxygen atoms in total. The normalized spacial score (nSPS) is 14.8. The van der Waals surface area contributed by atoms with Crippen molar-refractivity contribution < 1.29 is 32.3 Å². The van der Waals surface area contributed by atoms with Crippen LogP contribution in [0.15, 0.2) is 24.4 Å². The van der Waals surface area contributed by atoms with Gasteiger partial charge in [0.1, 0.15) is 18.4 Å². The molecule has 12 heteroatoms. The average Bonchev–Trinajstić information content (AvgIpc) is 3.25. The summed E-state index contributed by atoms with van der Waals surface area (Å²) < 4.78 is 49.1. The lowest BCUT2D eigenvalue weighted by Crippen LogP contribution is -2.40. The van der Waals surface area contributed by atoms with E-state index < -0.39 is 13.4 Å². The van der Waals surface area contributed by atoms with Gasteiger partial charge in [0.2, 0.25) is 0 Å². The van der Waals surface area contributed by atoms with Crippen LogP contribution in [0.4, 0.5) is 9.18 Å². The summed E-state index contributed by atoms with van der Waals surface area (Å²) in [6.07, 6.45) is 2.24. The van der Waals surface area contributed by atoms with E-state index in [0.29, 0.717) is 37.2 Å². The Labute approximate surface area is 197 Å². The first kappa shape index (κ1) is 25.7. The minimum absolute atomic E-state index is 0.0558. The number of ether oxygens (including phenoxy) is 2. The van der Waals surface area contributed by atoms with Crippen molar-refractivity contribution >= 4 is 19.0 Å². The zero-order valence-electron chi connectivity index (χ0n) is 19.6. The van der Waals surface area contributed by atoms with E-state index in [1.165, 1.54) is 32.5 Å². The van der Waals surface area contributed by atoms with Gasteiger partial charge in [-0.3, -0.25) is 9.25 Å². The maximum Gasteiger partial charge on any atom is 0.410 e. The Hall–Kier alpha value is -2.93. The number of hydrogen-bond acceptors (Lipinski definition) is 8. The van der Waals surface area contributed by atoms with Crippen LogP contribution in [0.3, 0.4) is 0 Å². The molecule has 3 rings (SSSR count). The number of amides is 1. The third-order valence-corrected chi connectivity index (χ3v) is 7.35. The molecule has 0 spiro atoms. The predicted octanol–water partition coefficient (Wildman–Crippen LogP) is 3.77. The third kappa shape index (κ3) is 5.58. The molecule has 1 fully saturated rings. The Morgan fingerprint density at radius 1 is 1.29 bits per heavy atom. The molecule has 0 aliphatic carbocycles. The first-order valence-electron chi connectivity index (χ1n) is 10.8. The van der Waals surface area contributed by atoms with E-state index in [1.54, 1.807) is 23.4 Å². The summed E-state index contributed by atoms with van der Waals surface area (Å²) in [6.45, 7) is 4.52. The molecule has 0 saturated carbocycles. The molecular formula is C22H28FN4O6P. The first-order valence-corrected chi connectivity index (χ1v) is 12.3. The maximum absolute atomic E-state index is 14.5. The number of aromatic nitrogens is 2. The van der Waals surface area contributed by atoms with Crippen LogP contribution in [0.1, 0.15) is 44.0 Å². The number of carbonyl (C=O) groups excluding carboxylic acids is 1. The van der Waals surface area contributed by atoms with Gasteiger partial charge in [-0.1, -0.05) is 0 Å². The van der Waals surface area contributed by atoms with Gasteiger partial charge in [0.05, 0.1) is 23.6 Å². The highest BCUT2D eigenvalue weighted by Crippen LogP contribution is 2.45. The summed E-state index contributed by atoms with van der Waals surface area (Å²) in [5, 5.41) is 14.1. The number of hydrogen-bond donors (Lipinski definition) is 0. The quantitative estimate of drug-likeness (QED) is 0.510. The number of piperidine rings is 1. The number of rotatable bonds is 8. The van der Waals surface area contributed by atoms with Crippen LogP contribution in [0.5, 0.6) is 5.75 Å². The van der Waals surface area contributed by atoms with Crippen molar-refractivity contribution in [1.29, 1.82) is 5.26 Å².